The lowest BCUT2D eigenvalue weighted by atomic mass is 10.3. The van der Waals surface area contributed by atoms with Crippen molar-refractivity contribution in [2.75, 3.05) is 0 Å². The molecule has 0 unspecified atom stereocenters. The lowest BCUT2D eigenvalue weighted by molar-refractivity contribution is 0.407. The smallest absolute Gasteiger partial charge is 0.213 e. The van der Waals surface area contributed by atoms with Crippen LogP contribution in [0.2, 0.25) is 0 Å². The maximum absolute atomic E-state index is 4.66. The van der Waals surface area contributed by atoms with Crippen LogP contribution in [0, 0.1) is 0 Å². The molecule has 92 valence electrons. The fourth-order valence-corrected chi connectivity index (χ4v) is 2.33. The van der Waals surface area contributed by atoms with E-state index in [0.29, 0.717) is 18.9 Å². The monoisotopic (exact) mass is 299 g/mol. The molecule has 2 aromatic rings. The molecule has 0 aliphatic carbocycles. The van der Waals surface area contributed by atoms with Crippen molar-refractivity contribution in [2.24, 2.45) is 7.05 Å². The Balaban J connectivity index is 1.97. The summed E-state index contributed by atoms with van der Waals surface area (Å²) in [5.41, 5.74) is 2.19. The van der Waals surface area contributed by atoms with Gasteiger partial charge in [-0.25, -0.2) is 0 Å². The molecule has 0 saturated carbocycles. The van der Waals surface area contributed by atoms with E-state index in [4.69, 9.17) is 0 Å². The van der Waals surface area contributed by atoms with Crippen LogP contribution in [0.4, 0.5) is 0 Å². The van der Waals surface area contributed by atoms with Crippen molar-refractivity contribution >= 4 is 15.9 Å². The van der Waals surface area contributed by atoms with Crippen LogP contribution in [0.15, 0.2) is 15.4 Å². The molecular weight excluding hydrogens is 286 g/mol. The Morgan fingerprint density at radius 3 is 2.88 bits per heavy atom. The van der Waals surface area contributed by atoms with E-state index in [-0.39, 0.29) is 0 Å². The zero-order valence-electron chi connectivity index (χ0n) is 9.77. The van der Waals surface area contributed by atoms with Gasteiger partial charge in [0.15, 0.2) is 5.82 Å². The molecular formula is C10H14BrN5O. The first-order valence-electron chi connectivity index (χ1n) is 5.38. The number of nitrogens with zero attached hydrogens (tertiary/aromatic N) is 4. The van der Waals surface area contributed by atoms with E-state index in [1.165, 1.54) is 6.39 Å². The molecule has 7 heteroatoms. The SMILES string of the molecule is CCc1nn(C)c(CNCc2ncon2)c1Br. The minimum absolute atomic E-state index is 0.579. The predicted octanol–water partition coefficient (Wildman–Crippen LogP) is 1.42. The number of aryl methyl sites for hydroxylation is 2. The molecule has 6 nitrogen and oxygen atoms in total. The number of hydrogen-bond acceptors (Lipinski definition) is 5. The second-order valence-electron chi connectivity index (χ2n) is 3.64. The van der Waals surface area contributed by atoms with Crippen LogP contribution < -0.4 is 5.32 Å². The second kappa shape index (κ2) is 5.42. The molecule has 1 N–H and O–H groups in total. The number of hydrogen-bond donors (Lipinski definition) is 1. The summed E-state index contributed by atoms with van der Waals surface area (Å²) in [5.74, 6) is 0.652. The average molecular weight is 300 g/mol. The number of halogens is 1. The maximum atomic E-state index is 4.66. The summed E-state index contributed by atoms with van der Waals surface area (Å²) in [4.78, 5) is 3.94. The van der Waals surface area contributed by atoms with Gasteiger partial charge in [0.05, 0.1) is 22.4 Å². The molecule has 0 amide bonds. The van der Waals surface area contributed by atoms with Gasteiger partial charge in [0.2, 0.25) is 6.39 Å². The van der Waals surface area contributed by atoms with Crippen molar-refractivity contribution in [3.8, 4) is 0 Å². The van der Waals surface area contributed by atoms with Crippen LogP contribution >= 0.6 is 15.9 Å². The third-order valence-electron chi connectivity index (χ3n) is 2.49. The predicted molar refractivity (Wildman–Crippen MR) is 65.1 cm³/mol. The summed E-state index contributed by atoms with van der Waals surface area (Å²) >= 11 is 3.57. The number of rotatable bonds is 5. The fourth-order valence-electron chi connectivity index (χ4n) is 1.57. The van der Waals surface area contributed by atoms with Gasteiger partial charge in [-0.05, 0) is 22.4 Å². The van der Waals surface area contributed by atoms with Crippen molar-refractivity contribution in [1.82, 2.24) is 25.2 Å². The normalized spacial score (nSPS) is 11.0. The summed E-state index contributed by atoms with van der Waals surface area (Å²) in [6.07, 6.45) is 2.24. The van der Waals surface area contributed by atoms with E-state index in [9.17, 15) is 0 Å². The fraction of sp³-hybridized carbons (Fsp3) is 0.500. The number of aromatic nitrogens is 4. The summed E-state index contributed by atoms with van der Waals surface area (Å²) in [7, 11) is 1.94. The Morgan fingerprint density at radius 2 is 2.29 bits per heavy atom. The van der Waals surface area contributed by atoms with Gasteiger partial charge < -0.3 is 9.84 Å². The highest BCUT2D eigenvalue weighted by Gasteiger charge is 2.11. The molecule has 0 aliphatic rings. The maximum Gasteiger partial charge on any atom is 0.213 e. The van der Waals surface area contributed by atoms with E-state index in [2.05, 4.69) is 47.9 Å². The molecule has 0 aliphatic heterocycles. The number of nitrogens with one attached hydrogen (secondary N) is 1. The zero-order chi connectivity index (χ0) is 12.3. The van der Waals surface area contributed by atoms with Gasteiger partial charge in [0.25, 0.3) is 0 Å². The average Bonchev–Trinajstić information content (AvgIpc) is 2.91. The van der Waals surface area contributed by atoms with Gasteiger partial charge in [-0.3, -0.25) is 4.68 Å². The van der Waals surface area contributed by atoms with Gasteiger partial charge in [-0.15, -0.1) is 0 Å². The van der Waals surface area contributed by atoms with Crippen LogP contribution in [-0.2, 0) is 26.6 Å². The first-order chi connectivity index (χ1) is 8.22. The molecule has 2 heterocycles. The van der Waals surface area contributed by atoms with Crippen LogP contribution in [0.3, 0.4) is 0 Å². The molecule has 0 saturated heterocycles. The Bertz CT molecular complexity index is 479. The van der Waals surface area contributed by atoms with E-state index >= 15 is 0 Å². The lowest BCUT2D eigenvalue weighted by Gasteiger charge is -2.03. The summed E-state index contributed by atoms with van der Waals surface area (Å²) in [5, 5.41) is 11.4. The largest absolute Gasteiger partial charge is 0.343 e. The minimum atomic E-state index is 0.579. The minimum Gasteiger partial charge on any atom is -0.343 e. The summed E-state index contributed by atoms with van der Waals surface area (Å²) < 4.78 is 7.61. The molecule has 2 aromatic heterocycles. The molecule has 17 heavy (non-hydrogen) atoms. The van der Waals surface area contributed by atoms with Crippen LogP contribution in [0.1, 0.15) is 24.1 Å². The molecule has 0 aromatic carbocycles. The Kier molecular flexibility index (Phi) is 3.90. The van der Waals surface area contributed by atoms with E-state index < -0.39 is 0 Å². The van der Waals surface area contributed by atoms with Crippen molar-refractivity contribution in [3.63, 3.8) is 0 Å². The first-order valence-corrected chi connectivity index (χ1v) is 6.17. The first kappa shape index (κ1) is 12.3. The van der Waals surface area contributed by atoms with Crippen molar-refractivity contribution in [3.05, 3.63) is 28.1 Å². The van der Waals surface area contributed by atoms with Gasteiger partial charge in [0.1, 0.15) is 0 Å². The van der Waals surface area contributed by atoms with Gasteiger partial charge in [-0.2, -0.15) is 10.1 Å². The highest BCUT2D eigenvalue weighted by molar-refractivity contribution is 9.10. The zero-order valence-corrected chi connectivity index (χ0v) is 11.4. The molecule has 0 atom stereocenters. The van der Waals surface area contributed by atoms with Crippen LogP contribution in [0.25, 0.3) is 0 Å². The molecule has 2 rings (SSSR count). The Hall–Kier alpha value is -1.21. The summed E-state index contributed by atoms with van der Waals surface area (Å²) in [6.45, 7) is 3.37. The molecule has 0 fully saturated rings. The lowest BCUT2D eigenvalue weighted by Crippen LogP contribution is -2.16. The van der Waals surface area contributed by atoms with E-state index in [1.807, 2.05) is 11.7 Å². The topological polar surface area (TPSA) is 68.8 Å². The van der Waals surface area contributed by atoms with Gasteiger partial charge >= 0.3 is 0 Å². The Morgan fingerprint density at radius 1 is 1.47 bits per heavy atom. The van der Waals surface area contributed by atoms with E-state index in [1.54, 1.807) is 0 Å². The van der Waals surface area contributed by atoms with Gasteiger partial charge in [-0.1, -0.05) is 12.1 Å². The highest BCUT2D eigenvalue weighted by Crippen LogP contribution is 2.21. The van der Waals surface area contributed by atoms with Crippen molar-refractivity contribution < 1.29 is 4.52 Å². The second-order valence-corrected chi connectivity index (χ2v) is 4.43. The van der Waals surface area contributed by atoms with Gasteiger partial charge in [0, 0.05) is 13.6 Å². The molecule has 0 spiro atoms. The standard InChI is InChI=1S/C10H14BrN5O/c1-3-7-10(11)8(16(2)14-7)4-12-5-9-13-6-17-15-9/h6,12H,3-5H2,1-2H3. The summed E-state index contributed by atoms with van der Waals surface area (Å²) in [6, 6.07) is 0. The van der Waals surface area contributed by atoms with Crippen molar-refractivity contribution in [1.29, 1.82) is 0 Å². The third kappa shape index (κ3) is 2.73. The quantitative estimate of drug-likeness (QED) is 0.904. The van der Waals surface area contributed by atoms with Crippen LogP contribution in [-0.4, -0.2) is 19.9 Å². The van der Waals surface area contributed by atoms with E-state index in [0.717, 1.165) is 22.3 Å². The molecule has 0 radical (unpaired) electrons. The van der Waals surface area contributed by atoms with Crippen molar-refractivity contribution in [2.45, 2.75) is 26.4 Å². The van der Waals surface area contributed by atoms with Crippen LogP contribution in [0.5, 0.6) is 0 Å². The molecule has 0 bridgehead atoms. The Labute approximate surface area is 108 Å². The third-order valence-corrected chi connectivity index (χ3v) is 3.40. The highest BCUT2D eigenvalue weighted by atomic mass is 79.9.